The Morgan fingerprint density at radius 3 is 2.39 bits per heavy atom. The molecule has 0 spiro atoms. The van der Waals surface area contributed by atoms with Gasteiger partial charge in [-0.25, -0.2) is 0 Å². The number of nitrogens with zero attached hydrogens (tertiary/aromatic N) is 3. The average molecular weight is 388 g/mol. The molecule has 0 atom stereocenters. The lowest BCUT2D eigenvalue weighted by Crippen LogP contribution is -2.15. The predicted octanol–water partition coefficient (Wildman–Crippen LogP) is 4.50. The first-order chi connectivity index (χ1) is 11.1. The van der Waals surface area contributed by atoms with Crippen LogP contribution in [0.15, 0.2) is 63.1 Å². The minimum atomic E-state index is -0.143. The fourth-order valence-corrected chi connectivity index (χ4v) is 3.41. The van der Waals surface area contributed by atoms with Crippen LogP contribution in [0.4, 0.5) is 0 Å². The molecule has 23 heavy (non-hydrogen) atoms. The van der Waals surface area contributed by atoms with Gasteiger partial charge in [0.05, 0.1) is 16.3 Å². The zero-order valence-corrected chi connectivity index (χ0v) is 15.1. The molecule has 0 aliphatic heterocycles. The molecule has 1 aromatic carbocycles. The van der Waals surface area contributed by atoms with E-state index in [9.17, 15) is 4.79 Å². The fourth-order valence-electron chi connectivity index (χ4n) is 2.21. The van der Waals surface area contributed by atoms with Crippen molar-refractivity contribution in [2.45, 2.75) is 23.6 Å². The van der Waals surface area contributed by atoms with Gasteiger partial charge in [-0.3, -0.25) is 9.78 Å². The van der Waals surface area contributed by atoms with Crippen molar-refractivity contribution in [3.05, 3.63) is 70.2 Å². The minimum Gasteiger partial charge on any atom is -0.267 e. The summed E-state index contributed by atoms with van der Waals surface area (Å²) in [6.45, 7) is 3.84. The summed E-state index contributed by atoms with van der Waals surface area (Å²) in [5.41, 5.74) is 2.26. The monoisotopic (exact) mass is 387 g/mol. The number of carbonyl (C=O) groups excluding carboxylic acids is 1. The van der Waals surface area contributed by atoms with E-state index in [0.717, 1.165) is 25.7 Å². The molecule has 0 N–H and O–H groups in total. The number of pyridine rings is 1. The summed E-state index contributed by atoms with van der Waals surface area (Å²) in [6.07, 6.45) is 3.22. The Hall–Kier alpha value is -1.92. The Morgan fingerprint density at radius 1 is 1.09 bits per heavy atom. The summed E-state index contributed by atoms with van der Waals surface area (Å²) in [5, 5.41) is 4.42. The van der Waals surface area contributed by atoms with Crippen molar-refractivity contribution in [2.75, 3.05) is 0 Å². The third-order valence-corrected chi connectivity index (χ3v) is 5.21. The second kappa shape index (κ2) is 6.68. The molecule has 3 rings (SSSR count). The standard InChI is InChI=1S/C17H14BrN3OS/c1-11-16(23-15-5-3-14(18)4-6-15)12(2)21(20-11)17(22)13-7-9-19-10-8-13/h3-10H,1-2H3. The van der Waals surface area contributed by atoms with Crippen molar-refractivity contribution >= 4 is 33.6 Å². The van der Waals surface area contributed by atoms with E-state index in [1.54, 1.807) is 36.3 Å². The molecule has 6 heteroatoms. The smallest absolute Gasteiger partial charge is 0.267 e. The molecule has 0 radical (unpaired) electrons. The highest BCUT2D eigenvalue weighted by Crippen LogP contribution is 2.33. The van der Waals surface area contributed by atoms with Crippen LogP contribution in [0.3, 0.4) is 0 Å². The number of aromatic nitrogens is 3. The number of hydrogen-bond donors (Lipinski definition) is 0. The Morgan fingerprint density at radius 2 is 1.74 bits per heavy atom. The predicted molar refractivity (Wildman–Crippen MR) is 93.9 cm³/mol. The Kier molecular flexibility index (Phi) is 4.63. The summed E-state index contributed by atoms with van der Waals surface area (Å²) >= 11 is 5.05. The van der Waals surface area contributed by atoms with E-state index in [-0.39, 0.29) is 5.91 Å². The molecule has 0 amide bonds. The first kappa shape index (κ1) is 16.0. The number of halogens is 1. The summed E-state index contributed by atoms with van der Waals surface area (Å²) < 4.78 is 2.50. The van der Waals surface area contributed by atoms with Gasteiger partial charge in [0.25, 0.3) is 5.91 Å². The minimum absolute atomic E-state index is 0.143. The van der Waals surface area contributed by atoms with Gasteiger partial charge in [0.15, 0.2) is 0 Å². The lowest BCUT2D eigenvalue weighted by Gasteiger charge is -2.04. The zero-order valence-electron chi connectivity index (χ0n) is 12.7. The zero-order chi connectivity index (χ0) is 16.4. The molecule has 4 nitrogen and oxygen atoms in total. The van der Waals surface area contributed by atoms with Crippen molar-refractivity contribution in [1.82, 2.24) is 14.8 Å². The molecule has 3 aromatic rings. The van der Waals surface area contributed by atoms with Crippen LogP contribution in [0, 0.1) is 13.8 Å². The summed E-state index contributed by atoms with van der Waals surface area (Å²) in [5.74, 6) is -0.143. The van der Waals surface area contributed by atoms with Crippen LogP contribution in [-0.2, 0) is 0 Å². The molecule has 0 aliphatic rings. The van der Waals surface area contributed by atoms with Crippen LogP contribution >= 0.6 is 27.7 Å². The van der Waals surface area contributed by atoms with Gasteiger partial charge in [0, 0.05) is 27.3 Å². The Bertz CT molecular complexity index is 844. The normalized spacial score (nSPS) is 10.7. The van der Waals surface area contributed by atoms with Gasteiger partial charge in [0.1, 0.15) is 0 Å². The van der Waals surface area contributed by atoms with Crippen LogP contribution < -0.4 is 0 Å². The lowest BCUT2D eigenvalue weighted by molar-refractivity contribution is 0.0942. The second-order valence-corrected chi connectivity index (χ2v) is 7.01. The molecule has 0 bridgehead atoms. The second-order valence-electron chi connectivity index (χ2n) is 5.01. The maximum Gasteiger partial charge on any atom is 0.278 e. The highest BCUT2D eigenvalue weighted by atomic mass is 79.9. The fraction of sp³-hybridized carbons (Fsp3) is 0.118. The molecule has 0 saturated carbocycles. The first-order valence-corrected chi connectivity index (χ1v) is 8.61. The third kappa shape index (κ3) is 3.38. The summed E-state index contributed by atoms with van der Waals surface area (Å²) in [7, 11) is 0. The highest BCUT2D eigenvalue weighted by Gasteiger charge is 2.18. The molecule has 0 aliphatic carbocycles. The van der Waals surface area contributed by atoms with E-state index in [1.807, 2.05) is 38.1 Å². The van der Waals surface area contributed by atoms with E-state index in [1.165, 1.54) is 4.68 Å². The van der Waals surface area contributed by atoms with Crippen LogP contribution in [0.1, 0.15) is 21.7 Å². The molecular formula is C17H14BrN3OS. The highest BCUT2D eigenvalue weighted by molar-refractivity contribution is 9.10. The average Bonchev–Trinajstić information content (AvgIpc) is 2.85. The van der Waals surface area contributed by atoms with Gasteiger partial charge in [-0.2, -0.15) is 9.78 Å². The van der Waals surface area contributed by atoms with Crippen molar-refractivity contribution in [3.63, 3.8) is 0 Å². The van der Waals surface area contributed by atoms with E-state index in [0.29, 0.717) is 5.56 Å². The van der Waals surface area contributed by atoms with Gasteiger partial charge in [-0.15, -0.1) is 0 Å². The van der Waals surface area contributed by atoms with Crippen LogP contribution in [0.5, 0.6) is 0 Å². The molecule has 0 fully saturated rings. The van der Waals surface area contributed by atoms with Crippen LogP contribution in [0.25, 0.3) is 0 Å². The molecule has 0 saturated heterocycles. The quantitative estimate of drug-likeness (QED) is 0.663. The maximum absolute atomic E-state index is 12.6. The molecule has 2 aromatic heterocycles. The number of carbonyl (C=O) groups is 1. The number of rotatable bonds is 3. The largest absolute Gasteiger partial charge is 0.278 e. The van der Waals surface area contributed by atoms with Gasteiger partial charge in [-0.05, 0) is 50.2 Å². The SMILES string of the molecule is Cc1nn(C(=O)c2ccncc2)c(C)c1Sc1ccc(Br)cc1. The van der Waals surface area contributed by atoms with Crippen LogP contribution in [-0.4, -0.2) is 20.7 Å². The lowest BCUT2D eigenvalue weighted by atomic mass is 10.2. The molecule has 116 valence electrons. The van der Waals surface area contributed by atoms with Gasteiger partial charge in [0.2, 0.25) is 0 Å². The Balaban J connectivity index is 1.93. The molecular weight excluding hydrogens is 374 g/mol. The van der Waals surface area contributed by atoms with Crippen molar-refractivity contribution in [3.8, 4) is 0 Å². The topological polar surface area (TPSA) is 47.8 Å². The van der Waals surface area contributed by atoms with Crippen molar-refractivity contribution in [2.24, 2.45) is 0 Å². The van der Waals surface area contributed by atoms with Gasteiger partial charge >= 0.3 is 0 Å². The van der Waals surface area contributed by atoms with E-state index in [2.05, 4.69) is 26.0 Å². The number of aryl methyl sites for hydroxylation is 1. The summed E-state index contributed by atoms with van der Waals surface area (Å²) in [4.78, 5) is 18.6. The van der Waals surface area contributed by atoms with Crippen molar-refractivity contribution in [1.29, 1.82) is 0 Å². The van der Waals surface area contributed by atoms with E-state index in [4.69, 9.17) is 0 Å². The van der Waals surface area contributed by atoms with Gasteiger partial charge < -0.3 is 0 Å². The van der Waals surface area contributed by atoms with E-state index < -0.39 is 0 Å². The van der Waals surface area contributed by atoms with E-state index >= 15 is 0 Å². The number of benzene rings is 1. The molecule has 2 heterocycles. The molecule has 0 unspecified atom stereocenters. The van der Waals surface area contributed by atoms with Crippen LogP contribution in [0.2, 0.25) is 0 Å². The first-order valence-electron chi connectivity index (χ1n) is 7.00. The van der Waals surface area contributed by atoms with Crippen molar-refractivity contribution < 1.29 is 4.79 Å². The maximum atomic E-state index is 12.6. The van der Waals surface area contributed by atoms with Gasteiger partial charge in [-0.1, -0.05) is 27.7 Å². The number of hydrogen-bond acceptors (Lipinski definition) is 4. The Labute approximate surface area is 147 Å². The third-order valence-electron chi connectivity index (χ3n) is 3.38. The summed E-state index contributed by atoms with van der Waals surface area (Å²) in [6, 6.07) is 11.5.